The minimum atomic E-state index is -0.753. The van der Waals surface area contributed by atoms with Crippen molar-refractivity contribution in [3.8, 4) is 5.75 Å². The maximum absolute atomic E-state index is 14.3. The van der Waals surface area contributed by atoms with E-state index in [0.29, 0.717) is 22.6 Å². The lowest BCUT2D eigenvalue weighted by Gasteiger charge is -2.40. The number of rotatable bonds is 11. The Morgan fingerprint density at radius 1 is 1.05 bits per heavy atom. The molecule has 0 spiro atoms. The molecular formula is C31H30Cl3F2N3O3S. The maximum atomic E-state index is 14.3. The predicted molar refractivity (Wildman–Crippen MR) is 165 cm³/mol. The third-order valence-corrected chi connectivity index (χ3v) is 10.3. The van der Waals surface area contributed by atoms with Crippen LogP contribution in [0.3, 0.4) is 0 Å². The summed E-state index contributed by atoms with van der Waals surface area (Å²) in [5.74, 6) is -1.78. The van der Waals surface area contributed by atoms with Crippen LogP contribution in [0.1, 0.15) is 54.0 Å². The Hall–Kier alpha value is -2.27. The first kappa shape index (κ1) is 30.7. The van der Waals surface area contributed by atoms with E-state index in [4.69, 9.17) is 44.3 Å². The topological polar surface area (TPSA) is 63.7 Å². The Bertz CT molecular complexity index is 1550. The fourth-order valence-corrected chi connectivity index (χ4v) is 7.28. The van der Waals surface area contributed by atoms with E-state index in [1.54, 1.807) is 6.07 Å². The van der Waals surface area contributed by atoms with Crippen molar-refractivity contribution in [2.45, 2.75) is 69.8 Å². The Morgan fingerprint density at radius 3 is 2.67 bits per heavy atom. The number of nitrogens with one attached hydrogen (secondary N) is 1. The van der Waals surface area contributed by atoms with E-state index in [1.165, 1.54) is 11.3 Å². The van der Waals surface area contributed by atoms with Gasteiger partial charge in [0.1, 0.15) is 22.5 Å². The summed E-state index contributed by atoms with van der Waals surface area (Å²) in [4.78, 5) is 21.8. The van der Waals surface area contributed by atoms with Gasteiger partial charge in [0.2, 0.25) is 0 Å². The zero-order valence-electron chi connectivity index (χ0n) is 23.2. The molecule has 3 heterocycles. The van der Waals surface area contributed by atoms with Gasteiger partial charge >= 0.3 is 0 Å². The summed E-state index contributed by atoms with van der Waals surface area (Å²) in [7, 11) is 0. The number of aromatic nitrogens is 1. The van der Waals surface area contributed by atoms with E-state index in [9.17, 15) is 13.6 Å². The second-order valence-electron chi connectivity index (χ2n) is 11.0. The highest BCUT2D eigenvalue weighted by molar-refractivity contribution is 7.12. The lowest BCUT2D eigenvalue weighted by molar-refractivity contribution is -0.128. The van der Waals surface area contributed by atoms with Crippen molar-refractivity contribution in [3.63, 3.8) is 0 Å². The van der Waals surface area contributed by atoms with Crippen LogP contribution in [0.25, 0.3) is 5.57 Å². The summed E-state index contributed by atoms with van der Waals surface area (Å²) in [6, 6.07) is 7.93. The fraction of sp³-hybridized carbons (Fsp3) is 0.419. The number of ether oxygens (including phenoxy) is 2. The van der Waals surface area contributed by atoms with Crippen LogP contribution in [0.5, 0.6) is 5.75 Å². The minimum Gasteiger partial charge on any atom is -0.486 e. The first-order chi connectivity index (χ1) is 20.8. The van der Waals surface area contributed by atoms with Crippen molar-refractivity contribution in [1.29, 1.82) is 0 Å². The Labute approximate surface area is 267 Å². The SMILES string of the molecule is O=C(C1=C(c2cnc(COCCOc3c(F)ccc(F)c3Cl)s2)CC2CCCC1N2)N(Cc1cccc(Cl)c1Cl)C1CC1. The minimum absolute atomic E-state index is 0.00912. The molecule has 2 unspecified atom stereocenters. The van der Waals surface area contributed by atoms with Crippen molar-refractivity contribution < 1.29 is 23.0 Å². The van der Waals surface area contributed by atoms with Crippen molar-refractivity contribution in [2.75, 3.05) is 13.2 Å². The zero-order valence-corrected chi connectivity index (χ0v) is 26.3. The molecule has 2 atom stereocenters. The van der Waals surface area contributed by atoms with Gasteiger partial charge in [-0.3, -0.25) is 4.79 Å². The van der Waals surface area contributed by atoms with E-state index in [-0.39, 0.29) is 43.6 Å². The van der Waals surface area contributed by atoms with Crippen LogP contribution in [0, 0.1) is 11.6 Å². The first-order valence-electron chi connectivity index (χ1n) is 14.3. The van der Waals surface area contributed by atoms with E-state index in [0.717, 1.165) is 77.3 Å². The van der Waals surface area contributed by atoms with E-state index in [2.05, 4.69) is 10.3 Å². The highest BCUT2D eigenvalue weighted by atomic mass is 35.5. The molecule has 1 amide bonds. The van der Waals surface area contributed by atoms with Crippen molar-refractivity contribution in [1.82, 2.24) is 15.2 Å². The highest BCUT2D eigenvalue weighted by Gasteiger charge is 2.41. The number of hydrogen-bond donors (Lipinski definition) is 1. The Balaban J connectivity index is 1.17. The number of carbonyl (C=O) groups excluding carboxylic acids is 1. The molecule has 0 radical (unpaired) electrons. The van der Waals surface area contributed by atoms with Gasteiger partial charge < -0.3 is 19.7 Å². The van der Waals surface area contributed by atoms with Gasteiger partial charge in [0.15, 0.2) is 11.6 Å². The predicted octanol–water partition coefficient (Wildman–Crippen LogP) is 7.84. The number of hydrogen-bond acceptors (Lipinski definition) is 6. The molecule has 2 bridgehead atoms. The summed E-state index contributed by atoms with van der Waals surface area (Å²) >= 11 is 20.1. The average molecular weight is 669 g/mol. The smallest absolute Gasteiger partial charge is 0.252 e. The molecule has 1 aromatic heterocycles. The number of amides is 1. The molecule has 1 saturated heterocycles. The second kappa shape index (κ2) is 13.4. The number of benzene rings is 2. The van der Waals surface area contributed by atoms with Crippen molar-refractivity contribution in [2.24, 2.45) is 0 Å². The third-order valence-electron chi connectivity index (χ3n) is 8.01. The van der Waals surface area contributed by atoms with Crippen LogP contribution < -0.4 is 10.1 Å². The molecule has 2 aromatic carbocycles. The standard InChI is InChI=1S/C31H30Cl3F2N3O3S/c32-21-5-1-3-17(28(21)33)15-39(19-7-8-19)31(40)27-20(13-18-4-2-6-24(27)38-18)25-14-37-26(43-25)16-41-11-12-42-30-23(36)10-9-22(35)29(30)34/h1,3,5,9-10,14,18-19,24,38H,2,4,6-8,11-13,15-16H2. The molecule has 1 aliphatic carbocycles. The van der Waals surface area contributed by atoms with Crippen molar-refractivity contribution in [3.05, 3.63) is 84.3 Å². The first-order valence-corrected chi connectivity index (χ1v) is 16.3. The number of nitrogens with zero attached hydrogens (tertiary/aromatic N) is 2. The summed E-state index contributed by atoms with van der Waals surface area (Å²) < 4.78 is 38.6. The van der Waals surface area contributed by atoms with Gasteiger partial charge in [-0.1, -0.05) is 46.9 Å². The van der Waals surface area contributed by atoms with Gasteiger partial charge in [-0.2, -0.15) is 0 Å². The molecular weight excluding hydrogens is 639 g/mol. The molecule has 6 rings (SSSR count). The number of fused-ring (bicyclic) bond motifs is 2. The number of halogens is 5. The van der Waals surface area contributed by atoms with Gasteiger partial charge in [0.05, 0.1) is 28.1 Å². The number of carbonyl (C=O) groups is 1. The van der Waals surface area contributed by atoms with Gasteiger partial charge in [-0.15, -0.1) is 11.3 Å². The van der Waals surface area contributed by atoms with Gasteiger partial charge in [0, 0.05) is 36.4 Å². The number of thiazole rings is 1. The molecule has 3 aliphatic rings. The molecule has 12 heteroatoms. The summed E-state index contributed by atoms with van der Waals surface area (Å²) in [6.07, 6.45) is 7.56. The monoisotopic (exact) mass is 667 g/mol. The highest BCUT2D eigenvalue weighted by Crippen LogP contribution is 2.41. The second-order valence-corrected chi connectivity index (χ2v) is 13.3. The Morgan fingerprint density at radius 2 is 1.86 bits per heavy atom. The van der Waals surface area contributed by atoms with Crippen molar-refractivity contribution >= 4 is 57.6 Å². The van der Waals surface area contributed by atoms with Crippen LogP contribution in [0.2, 0.25) is 15.1 Å². The van der Waals surface area contributed by atoms with Gasteiger partial charge in [0.25, 0.3) is 5.91 Å². The molecule has 1 saturated carbocycles. The van der Waals surface area contributed by atoms with Crippen LogP contribution in [0.4, 0.5) is 8.78 Å². The van der Waals surface area contributed by atoms with Crippen LogP contribution in [0.15, 0.2) is 42.1 Å². The molecule has 43 heavy (non-hydrogen) atoms. The largest absolute Gasteiger partial charge is 0.486 e. The summed E-state index contributed by atoms with van der Waals surface area (Å²) in [5, 5.41) is 5.01. The quantitative estimate of drug-likeness (QED) is 0.167. The molecule has 2 fully saturated rings. The van der Waals surface area contributed by atoms with Crippen LogP contribution >= 0.6 is 46.1 Å². The van der Waals surface area contributed by atoms with E-state index in [1.807, 2.05) is 23.2 Å². The molecule has 2 aliphatic heterocycles. The lowest BCUT2D eigenvalue weighted by atomic mass is 9.81. The van der Waals surface area contributed by atoms with E-state index < -0.39 is 16.7 Å². The normalized spacial score (nSPS) is 19.9. The summed E-state index contributed by atoms with van der Waals surface area (Å²) in [5.41, 5.74) is 2.70. The third kappa shape index (κ3) is 6.87. The summed E-state index contributed by atoms with van der Waals surface area (Å²) in [6.45, 7) is 0.746. The fourth-order valence-electron chi connectivity index (χ4n) is 5.77. The molecule has 228 valence electrons. The molecule has 1 N–H and O–H groups in total. The Kier molecular flexibility index (Phi) is 9.57. The van der Waals surface area contributed by atoms with E-state index >= 15 is 0 Å². The van der Waals surface area contributed by atoms with Gasteiger partial charge in [-0.05, 0) is 67.9 Å². The molecule has 3 aromatic rings. The lowest BCUT2D eigenvalue weighted by Crippen LogP contribution is -2.51. The maximum Gasteiger partial charge on any atom is 0.252 e. The van der Waals surface area contributed by atoms with Crippen LogP contribution in [-0.2, 0) is 22.7 Å². The van der Waals surface area contributed by atoms with Crippen LogP contribution in [-0.4, -0.2) is 47.1 Å². The zero-order chi connectivity index (χ0) is 30.1. The molecule has 6 nitrogen and oxygen atoms in total. The number of piperidine rings is 1. The average Bonchev–Trinajstić information content (AvgIpc) is 3.73. The van der Waals surface area contributed by atoms with Gasteiger partial charge in [-0.25, -0.2) is 13.8 Å².